The van der Waals surface area contributed by atoms with Crippen LogP contribution in [0.4, 0.5) is 0 Å². The van der Waals surface area contributed by atoms with Gasteiger partial charge in [-0.3, -0.25) is 9.78 Å². The van der Waals surface area contributed by atoms with E-state index in [1.165, 1.54) is 0 Å². The lowest BCUT2D eigenvalue weighted by atomic mass is 10.2. The van der Waals surface area contributed by atoms with Crippen molar-refractivity contribution in [3.05, 3.63) is 76.0 Å². The first-order valence-corrected chi connectivity index (χ1v) is 8.35. The van der Waals surface area contributed by atoms with Crippen LogP contribution >= 0.6 is 22.9 Å². The zero-order valence-electron chi connectivity index (χ0n) is 12.5. The monoisotopic (exact) mass is 356 g/mol. The van der Waals surface area contributed by atoms with Gasteiger partial charge in [-0.15, -0.1) is 10.2 Å². The first kappa shape index (κ1) is 16.3. The molecule has 2 heterocycles. The molecule has 0 spiro atoms. The van der Waals surface area contributed by atoms with E-state index >= 15 is 0 Å². The Labute approximate surface area is 148 Å². The number of amides is 1. The summed E-state index contributed by atoms with van der Waals surface area (Å²) in [5.41, 5.74) is 1.87. The second-order valence-electron chi connectivity index (χ2n) is 4.86. The number of benzene rings is 1. The van der Waals surface area contributed by atoms with Crippen molar-refractivity contribution in [1.29, 1.82) is 0 Å². The van der Waals surface area contributed by atoms with E-state index < -0.39 is 0 Å². The minimum atomic E-state index is -0.270. The van der Waals surface area contributed by atoms with E-state index in [4.69, 9.17) is 11.6 Å². The Kier molecular flexibility index (Phi) is 5.30. The lowest BCUT2D eigenvalue weighted by molar-refractivity contribution is 0.0950. The predicted molar refractivity (Wildman–Crippen MR) is 95.5 cm³/mol. The summed E-state index contributed by atoms with van der Waals surface area (Å²) in [5.74, 6) is -0.270. The van der Waals surface area contributed by atoms with Crippen LogP contribution in [0.15, 0.2) is 54.9 Å². The van der Waals surface area contributed by atoms with E-state index in [9.17, 15) is 4.79 Å². The van der Waals surface area contributed by atoms with Gasteiger partial charge in [0.25, 0.3) is 5.91 Å². The molecule has 7 heteroatoms. The first-order valence-electron chi connectivity index (χ1n) is 7.15. The number of carbonyl (C=O) groups is 1. The average molecular weight is 357 g/mol. The molecule has 0 atom stereocenters. The van der Waals surface area contributed by atoms with Gasteiger partial charge >= 0.3 is 0 Å². The standard InChI is InChI=1S/C17H13ClN4OS/c18-14(9-13-7-4-8-19-10-13)16-21-22-17(24-16)15(23)20-11-12-5-2-1-3-6-12/h1-10H,11H2,(H,20,23). The molecule has 5 nitrogen and oxygen atoms in total. The van der Waals surface area contributed by atoms with Crippen molar-refractivity contribution in [1.82, 2.24) is 20.5 Å². The van der Waals surface area contributed by atoms with Crippen LogP contribution in [0.3, 0.4) is 0 Å². The third-order valence-corrected chi connectivity index (χ3v) is 4.45. The summed E-state index contributed by atoms with van der Waals surface area (Å²) in [6.07, 6.45) is 5.11. The highest BCUT2D eigenvalue weighted by molar-refractivity contribution is 7.15. The molecule has 0 bridgehead atoms. The van der Waals surface area contributed by atoms with Gasteiger partial charge in [-0.25, -0.2) is 0 Å². The van der Waals surface area contributed by atoms with Crippen molar-refractivity contribution in [2.45, 2.75) is 6.54 Å². The maximum absolute atomic E-state index is 12.1. The van der Waals surface area contributed by atoms with Crippen LogP contribution < -0.4 is 5.32 Å². The van der Waals surface area contributed by atoms with E-state index in [0.29, 0.717) is 16.6 Å². The summed E-state index contributed by atoms with van der Waals surface area (Å²) in [7, 11) is 0. The second kappa shape index (κ2) is 7.81. The van der Waals surface area contributed by atoms with E-state index in [2.05, 4.69) is 20.5 Å². The lowest BCUT2D eigenvalue weighted by Crippen LogP contribution is -2.22. The molecule has 0 aliphatic rings. The smallest absolute Gasteiger partial charge is 0.282 e. The number of pyridine rings is 1. The number of rotatable bonds is 5. The summed E-state index contributed by atoms with van der Waals surface area (Å²) in [6.45, 7) is 0.438. The van der Waals surface area contributed by atoms with Gasteiger partial charge in [0.1, 0.15) is 0 Å². The molecule has 0 unspecified atom stereocenters. The number of carbonyl (C=O) groups excluding carboxylic acids is 1. The highest BCUT2D eigenvalue weighted by atomic mass is 35.5. The normalized spacial score (nSPS) is 11.3. The summed E-state index contributed by atoms with van der Waals surface area (Å²) in [6, 6.07) is 13.4. The average Bonchev–Trinajstić information content (AvgIpc) is 3.12. The first-order chi connectivity index (χ1) is 11.7. The summed E-state index contributed by atoms with van der Waals surface area (Å²) >= 11 is 7.39. The van der Waals surface area contributed by atoms with Gasteiger partial charge in [-0.2, -0.15) is 0 Å². The van der Waals surface area contributed by atoms with Crippen molar-refractivity contribution in [2.75, 3.05) is 0 Å². The summed E-state index contributed by atoms with van der Waals surface area (Å²) in [5, 5.41) is 11.9. The number of hydrogen-bond donors (Lipinski definition) is 1. The van der Waals surface area contributed by atoms with Gasteiger partial charge in [0.2, 0.25) is 5.01 Å². The molecule has 1 aromatic carbocycles. The number of nitrogens with zero attached hydrogens (tertiary/aromatic N) is 3. The molecule has 0 saturated heterocycles. The van der Waals surface area contributed by atoms with Gasteiger partial charge in [-0.1, -0.05) is 59.3 Å². The van der Waals surface area contributed by atoms with Gasteiger partial charge in [0, 0.05) is 18.9 Å². The highest BCUT2D eigenvalue weighted by Gasteiger charge is 2.14. The SMILES string of the molecule is O=C(NCc1ccccc1)c1nnc(C(Cl)=Cc2cccnc2)s1. The molecule has 0 aliphatic heterocycles. The Balaban J connectivity index is 1.66. The molecular weight excluding hydrogens is 344 g/mol. The Morgan fingerprint density at radius 2 is 1.92 bits per heavy atom. The molecule has 2 aromatic heterocycles. The topological polar surface area (TPSA) is 67.8 Å². The summed E-state index contributed by atoms with van der Waals surface area (Å²) < 4.78 is 0. The van der Waals surface area contributed by atoms with Gasteiger partial charge in [0.05, 0.1) is 5.03 Å². The molecule has 0 aliphatic carbocycles. The largest absolute Gasteiger partial charge is 0.346 e. The maximum atomic E-state index is 12.1. The molecule has 0 radical (unpaired) electrons. The van der Waals surface area contributed by atoms with Gasteiger partial charge in [-0.05, 0) is 23.3 Å². The molecular formula is C17H13ClN4OS. The number of nitrogens with one attached hydrogen (secondary N) is 1. The van der Waals surface area contributed by atoms with Crippen LogP contribution in [0.5, 0.6) is 0 Å². The lowest BCUT2D eigenvalue weighted by Gasteiger charge is -2.02. The Hall–Kier alpha value is -2.57. The number of aromatic nitrogens is 3. The van der Waals surface area contributed by atoms with Crippen molar-refractivity contribution >= 4 is 40.0 Å². The maximum Gasteiger partial charge on any atom is 0.282 e. The zero-order valence-corrected chi connectivity index (χ0v) is 14.1. The Morgan fingerprint density at radius 1 is 1.12 bits per heavy atom. The van der Waals surface area contributed by atoms with Crippen molar-refractivity contribution in [3.8, 4) is 0 Å². The second-order valence-corrected chi connectivity index (χ2v) is 6.24. The third-order valence-electron chi connectivity index (χ3n) is 3.10. The van der Waals surface area contributed by atoms with Crippen LogP contribution in [0.1, 0.15) is 25.9 Å². The van der Waals surface area contributed by atoms with Crippen LogP contribution in [0.25, 0.3) is 11.1 Å². The molecule has 120 valence electrons. The van der Waals surface area contributed by atoms with Crippen molar-refractivity contribution in [3.63, 3.8) is 0 Å². The minimum absolute atomic E-state index is 0.270. The van der Waals surface area contributed by atoms with E-state index in [-0.39, 0.29) is 10.9 Å². The van der Waals surface area contributed by atoms with Crippen LogP contribution in [-0.2, 0) is 6.54 Å². The van der Waals surface area contributed by atoms with Crippen molar-refractivity contribution in [2.24, 2.45) is 0 Å². The molecule has 24 heavy (non-hydrogen) atoms. The highest BCUT2D eigenvalue weighted by Crippen LogP contribution is 2.25. The Bertz CT molecular complexity index is 849. The van der Waals surface area contributed by atoms with Crippen LogP contribution in [0.2, 0.25) is 0 Å². The fourth-order valence-electron chi connectivity index (χ4n) is 1.93. The molecule has 1 amide bonds. The number of hydrogen-bond acceptors (Lipinski definition) is 5. The molecule has 3 aromatic rings. The fourth-order valence-corrected chi connectivity index (χ4v) is 2.88. The molecule has 0 saturated carbocycles. The van der Waals surface area contributed by atoms with Crippen LogP contribution in [-0.4, -0.2) is 21.1 Å². The minimum Gasteiger partial charge on any atom is -0.346 e. The van der Waals surface area contributed by atoms with E-state index in [1.807, 2.05) is 42.5 Å². The summed E-state index contributed by atoms with van der Waals surface area (Å²) in [4.78, 5) is 16.2. The van der Waals surface area contributed by atoms with E-state index in [1.54, 1.807) is 18.5 Å². The number of halogens is 1. The fraction of sp³-hybridized carbons (Fsp3) is 0.0588. The molecule has 3 rings (SSSR count). The van der Waals surface area contributed by atoms with Gasteiger partial charge < -0.3 is 5.32 Å². The zero-order chi connectivity index (χ0) is 16.8. The quantitative estimate of drug-likeness (QED) is 0.758. The molecule has 1 N–H and O–H groups in total. The third kappa shape index (κ3) is 4.24. The predicted octanol–water partition coefficient (Wildman–Crippen LogP) is 3.60. The Morgan fingerprint density at radius 3 is 2.67 bits per heavy atom. The van der Waals surface area contributed by atoms with E-state index in [0.717, 1.165) is 22.5 Å². The van der Waals surface area contributed by atoms with Crippen molar-refractivity contribution < 1.29 is 4.79 Å². The van der Waals surface area contributed by atoms with Crippen LogP contribution in [0, 0.1) is 0 Å². The van der Waals surface area contributed by atoms with Gasteiger partial charge in [0.15, 0.2) is 5.01 Å². The molecule has 0 fully saturated rings.